The molecule has 0 aliphatic carbocycles. The molecular formula is C15H20N2O2. The second kappa shape index (κ2) is 6.38. The second-order valence-electron chi connectivity index (χ2n) is 4.91. The van der Waals surface area contributed by atoms with Gasteiger partial charge in [0.2, 0.25) is 0 Å². The minimum absolute atomic E-state index is 0.375. The highest BCUT2D eigenvalue weighted by molar-refractivity contribution is 5.65. The van der Waals surface area contributed by atoms with E-state index in [1.54, 1.807) is 0 Å². The molecule has 0 aliphatic heterocycles. The van der Waals surface area contributed by atoms with Crippen molar-refractivity contribution in [2.24, 2.45) is 11.7 Å². The average Bonchev–Trinajstić information content (AvgIpc) is 2.87. The Hall–Kier alpha value is -1.81. The number of nitrogens with zero attached hydrogens (tertiary/aromatic N) is 1. The van der Waals surface area contributed by atoms with E-state index in [9.17, 15) is 0 Å². The Labute approximate surface area is 113 Å². The van der Waals surface area contributed by atoms with Crippen molar-refractivity contribution >= 4 is 0 Å². The first-order valence-electron chi connectivity index (χ1n) is 6.58. The number of rotatable bonds is 6. The highest BCUT2D eigenvalue weighted by Gasteiger charge is 2.11. The van der Waals surface area contributed by atoms with Crippen molar-refractivity contribution in [2.75, 3.05) is 6.61 Å². The van der Waals surface area contributed by atoms with E-state index in [4.69, 9.17) is 15.0 Å². The number of hydrogen-bond donors (Lipinski definition) is 1. The molecule has 1 aromatic carbocycles. The Kier molecular flexibility index (Phi) is 4.58. The van der Waals surface area contributed by atoms with E-state index in [0.717, 1.165) is 23.4 Å². The number of nitrogens with two attached hydrogens (primary N) is 1. The number of benzene rings is 1. The van der Waals surface area contributed by atoms with Gasteiger partial charge in [0.15, 0.2) is 5.76 Å². The zero-order chi connectivity index (χ0) is 13.7. The molecule has 102 valence electrons. The summed E-state index contributed by atoms with van der Waals surface area (Å²) in [5.74, 6) is 2.14. The molecule has 1 heterocycles. The number of para-hydroxylation sites is 1. The Balaban J connectivity index is 2.15. The predicted molar refractivity (Wildman–Crippen MR) is 74.8 cm³/mol. The Morgan fingerprint density at radius 3 is 2.79 bits per heavy atom. The van der Waals surface area contributed by atoms with Crippen molar-refractivity contribution in [1.82, 2.24) is 5.16 Å². The summed E-state index contributed by atoms with van der Waals surface area (Å²) in [6.07, 6.45) is 1.03. The van der Waals surface area contributed by atoms with E-state index in [-0.39, 0.29) is 0 Å². The SMILES string of the molecule is CC(C)CCOc1ccccc1-c1cc(CN)no1. The Morgan fingerprint density at radius 2 is 2.11 bits per heavy atom. The quantitative estimate of drug-likeness (QED) is 0.866. The molecule has 19 heavy (non-hydrogen) atoms. The normalized spacial score (nSPS) is 10.9. The summed E-state index contributed by atoms with van der Waals surface area (Å²) in [4.78, 5) is 0. The van der Waals surface area contributed by atoms with Crippen LogP contribution in [-0.4, -0.2) is 11.8 Å². The number of hydrogen-bond acceptors (Lipinski definition) is 4. The number of ether oxygens (including phenoxy) is 1. The first-order valence-corrected chi connectivity index (χ1v) is 6.58. The summed E-state index contributed by atoms with van der Waals surface area (Å²) in [5, 5.41) is 3.91. The predicted octanol–water partition coefficient (Wildman–Crippen LogP) is 3.23. The summed E-state index contributed by atoms with van der Waals surface area (Å²) in [5.41, 5.74) is 7.20. The van der Waals surface area contributed by atoms with Crippen molar-refractivity contribution < 1.29 is 9.26 Å². The van der Waals surface area contributed by atoms with Gasteiger partial charge >= 0.3 is 0 Å². The molecule has 0 fully saturated rings. The van der Waals surface area contributed by atoms with Crippen LogP contribution >= 0.6 is 0 Å². The van der Waals surface area contributed by atoms with Crippen LogP contribution in [0.15, 0.2) is 34.9 Å². The summed E-state index contributed by atoms with van der Waals surface area (Å²) in [6, 6.07) is 9.67. The van der Waals surface area contributed by atoms with Crippen LogP contribution in [0.25, 0.3) is 11.3 Å². The van der Waals surface area contributed by atoms with Crippen molar-refractivity contribution in [3.63, 3.8) is 0 Å². The van der Waals surface area contributed by atoms with Gasteiger partial charge in [0.05, 0.1) is 17.9 Å². The smallest absolute Gasteiger partial charge is 0.170 e. The zero-order valence-electron chi connectivity index (χ0n) is 11.4. The zero-order valence-corrected chi connectivity index (χ0v) is 11.4. The third-order valence-electron chi connectivity index (χ3n) is 2.87. The van der Waals surface area contributed by atoms with E-state index < -0.39 is 0 Å². The molecule has 0 spiro atoms. The van der Waals surface area contributed by atoms with Gasteiger partial charge in [0, 0.05) is 12.6 Å². The number of aromatic nitrogens is 1. The maximum absolute atomic E-state index is 5.83. The first-order chi connectivity index (χ1) is 9.20. The molecule has 0 saturated heterocycles. The van der Waals surface area contributed by atoms with Gasteiger partial charge in [0.1, 0.15) is 5.75 Å². The molecule has 0 bridgehead atoms. The maximum atomic E-state index is 5.83. The van der Waals surface area contributed by atoms with Crippen LogP contribution in [0.1, 0.15) is 26.0 Å². The van der Waals surface area contributed by atoms with E-state index in [2.05, 4.69) is 19.0 Å². The van der Waals surface area contributed by atoms with E-state index in [1.807, 2.05) is 30.3 Å². The second-order valence-corrected chi connectivity index (χ2v) is 4.91. The van der Waals surface area contributed by atoms with E-state index >= 15 is 0 Å². The molecule has 1 aromatic heterocycles. The molecule has 2 aromatic rings. The molecule has 4 nitrogen and oxygen atoms in total. The fourth-order valence-corrected chi connectivity index (χ4v) is 1.74. The molecule has 0 atom stereocenters. The monoisotopic (exact) mass is 260 g/mol. The minimum Gasteiger partial charge on any atom is -0.493 e. The van der Waals surface area contributed by atoms with E-state index in [0.29, 0.717) is 24.8 Å². The van der Waals surface area contributed by atoms with Gasteiger partial charge in [-0.15, -0.1) is 0 Å². The van der Waals surface area contributed by atoms with Crippen LogP contribution in [0, 0.1) is 5.92 Å². The molecule has 2 N–H and O–H groups in total. The topological polar surface area (TPSA) is 61.3 Å². The van der Waals surface area contributed by atoms with Crippen molar-refractivity contribution in [1.29, 1.82) is 0 Å². The van der Waals surface area contributed by atoms with Crippen molar-refractivity contribution in [3.05, 3.63) is 36.0 Å². The minimum atomic E-state index is 0.375. The van der Waals surface area contributed by atoms with Gasteiger partial charge in [-0.05, 0) is 24.5 Å². The lowest BCUT2D eigenvalue weighted by Gasteiger charge is -2.10. The van der Waals surface area contributed by atoms with Gasteiger partial charge in [-0.2, -0.15) is 0 Å². The van der Waals surface area contributed by atoms with Gasteiger partial charge in [-0.1, -0.05) is 31.1 Å². The molecule has 4 heteroatoms. The van der Waals surface area contributed by atoms with Gasteiger partial charge in [-0.25, -0.2) is 0 Å². The fourth-order valence-electron chi connectivity index (χ4n) is 1.74. The van der Waals surface area contributed by atoms with Gasteiger partial charge in [0.25, 0.3) is 0 Å². The largest absolute Gasteiger partial charge is 0.493 e. The highest BCUT2D eigenvalue weighted by atomic mass is 16.5. The summed E-state index contributed by atoms with van der Waals surface area (Å²) < 4.78 is 11.1. The molecule has 0 radical (unpaired) electrons. The van der Waals surface area contributed by atoms with Crippen LogP contribution < -0.4 is 10.5 Å². The van der Waals surface area contributed by atoms with Crippen molar-refractivity contribution in [3.8, 4) is 17.1 Å². The van der Waals surface area contributed by atoms with Crippen molar-refractivity contribution in [2.45, 2.75) is 26.8 Å². The van der Waals surface area contributed by atoms with Crippen LogP contribution in [0.4, 0.5) is 0 Å². The van der Waals surface area contributed by atoms with Crippen LogP contribution in [0.2, 0.25) is 0 Å². The standard InChI is InChI=1S/C15H20N2O2/c1-11(2)7-8-18-14-6-4-3-5-13(14)15-9-12(10-16)17-19-15/h3-6,9,11H,7-8,10,16H2,1-2H3. The summed E-state index contributed by atoms with van der Waals surface area (Å²) in [7, 11) is 0. The third kappa shape index (κ3) is 3.58. The molecular weight excluding hydrogens is 240 g/mol. The average molecular weight is 260 g/mol. The Bertz CT molecular complexity index is 520. The van der Waals surface area contributed by atoms with Crippen LogP contribution in [0.3, 0.4) is 0 Å². The Morgan fingerprint density at radius 1 is 1.32 bits per heavy atom. The summed E-state index contributed by atoms with van der Waals surface area (Å²) in [6.45, 7) is 5.44. The molecule has 0 amide bonds. The van der Waals surface area contributed by atoms with Crippen LogP contribution in [-0.2, 0) is 6.54 Å². The molecule has 0 unspecified atom stereocenters. The molecule has 0 aliphatic rings. The molecule has 0 saturated carbocycles. The van der Waals surface area contributed by atoms with Gasteiger partial charge < -0.3 is 15.0 Å². The lowest BCUT2D eigenvalue weighted by atomic mass is 10.1. The lowest BCUT2D eigenvalue weighted by Crippen LogP contribution is -2.02. The maximum Gasteiger partial charge on any atom is 0.170 e. The molecule has 2 rings (SSSR count). The lowest BCUT2D eigenvalue weighted by molar-refractivity contribution is 0.289. The fraction of sp³-hybridized carbons (Fsp3) is 0.400. The highest BCUT2D eigenvalue weighted by Crippen LogP contribution is 2.30. The van der Waals surface area contributed by atoms with Gasteiger partial charge in [-0.3, -0.25) is 0 Å². The van der Waals surface area contributed by atoms with E-state index in [1.165, 1.54) is 0 Å². The first kappa shape index (κ1) is 13.6. The third-order valence-corrected chi connectivity index (χ3v) is 2.87. The summed E-state index contributed by atoms with van der Waals surface area (Å²) >= 11 is 0. The van der Waals surface area contributed by atoms with Crippen LogP contribution in [0.5, 0.6) is 5.75 Å².